The van der Waals surface area contributed by atoms with Crippen LogP contribution in [0.2, 0.25) is 0 Å². The fourth-order valence-electron chi connectivity index (χ4n) is 5.18. The molecule has 0 bridgehead atoms. The molecule has 0 radical (unpaired) electrons. The van der Waals surface area contributed by atoms with Crippen molar-refractivity contribution < 1.29 is 9.59 Å². The minimum Gasteiger partial charge on any atom is -0.352 e. The van der Waals surface area contributed by atoms with Crippen LogP contribution in [0.3, 0.4) is 0 Å². The van der Waals surface area contributed by atoms with Crippen molar-refractivity contribution in [2.45, 2.75) is 70.4 Å². The van der Waals surface area contributed by atoms with Gasteiger partial charge in [0.15, 0.2) is 0 Å². The lowest BCUT2D eigenvalue weighted by molar-refractivity contribution is -0.140. The first-order valence-corrected chi connectivity index (χ1v) is 11.5. The summed E-state index contributed by atoms with van der Waals surface area (Å²) in [5.41, 5.74) is 2.34. The molecule has 158 valence electrons. The lowest BCUT2D eigenvalue weighted by atomic mass is 9.90. The molecule has 5 heteroatoms. The van der Waals surface area contributed by atoms with E-state index in [-0.39, 0.29) is 17.9 Å². The topological polar surface area (TPSA) is 52.7 Å². The summed E-state index contributed by atoms with van der Waals surface area (Å²) < 4.78 is 0. The summed E-state index contributed by atoms with van der Waals surface area (Å²) in [5.74, 6) is 0.936. The van der Waals surface area contributed by atoms with Crippen molar-refractivity contribution in [3.05, 3.63) is 35.4 Å². The molecule has 1 aromatic carbocycles. The summed E-state index contributed by atoms with van der Waals surface area (Å²) in [7, 11) is 0. The predicted octanol–water partition coefficient (Wildman–Crippen LogP) is 3.29. The van der Waals surface area contributed by atoms with Gasteiger partial charge in [-0.15, -0.1) is 0 Å². The number of nitrogens with zero attached hydrogens (tertiary/aromatic N) is 2. The molecule has 1 aromatic rings. The van der Waals surface area contributed by atoms with Crippen LogP contribution >= 0.6 is 0 Å². The van der Waals surface area contributed by atoms with E-state index < -0.39 is 0 Å². The van der Waals surface area contributed by atoms with Gasteiger partial charge in [0.2, 0.25) is 11.8 Å². The van der Waals surface area contributed by atoms with Crippen molar-refractivity contribution in [2.24, 2.45) is 5.92 Å². The highest BCUT2D eigenvalue weighted by Crippen LogP contribution is 2.32. The third-order valence-corrected chi connectivity index (χ3v) is 7.03. The second kappa shape index (κ2) is 9.29. The fourth-order valence-corrected chi connectivity index (χ4v) is 5.18. The van der Waals surface area contributed by atoms with E-state index in [4.69, 9.17) is 0 Å². The van der Waals surface area contributed by atoms with Gasteiger partial charge in [0.1, 0.15) is 6.04 Å². The molecule has 2 aliphatic heterocycles. The lowest BCUT2D eigenvalue weighted by Crippen LogP contribution is -2.51. The fraction of sp³-hybridized carbons (Fsp3) is 0.667. The Hall–Kier alpha value is -1.88. The highest BCUT2D eigenvalue weighted by Gasteiger charge is 2.37. The maximum atomic E-state index is 13.6. The molecule has 4 rings (SSSR count). The first kappa shape index (κ1) is 20.4. The molecule has 2 amide bonds. The van der Waals surface area contributed by atoms with Crippen LogP contribution in [0, 0.1) is 5.92 Å². The van der Waals surface area contributed by atoms with E-state index in [2.05, 4.69) is 29.3 Å². The Morgan fingerprint density at radius 1 is 1.00 bits per heavy atom. The van der Waals surface area contributed by atoms with E-state index in [0.29, 0.717) is 18.5 Å². The highest BCUT2D eigenvalue weighted by molar-refractivity contribution is 5.85. The third kappa shape index (κ3) is 4.82. The Balaban J connectivity index is 1.49. The molecule has 2 fully saturated rings. The summed E-state index contributed by atoms with van der Waals surface area (Å²) in [6.07, 6.45) is 8.90. The van der Waals surface area contributed by atoms with Crippen molar-refractivity contribution in [2.75, 3.05) is 26.2 Å². The monoisotopic (exact) mass is 397 g/mol. The maximum Gasteiger partial charge on any atom is 0.244 e. The van der Waals surface area contributed by atoms with Gasteiger partial charge in [-0.2, -0.15) is 0 Å². The first-order valence-electron chi connectivity index (χ1n) is 11.5. The number of hydrogen-bond acceptors (Lipinski definition) is 3. The second-order valence-electron chi connectivity index (χ2n) is 9.23. The average Bonchev–Trinajstić information content (AvgIpc) is 2.74. The smallest absolute Gasteiger partial charge is 0.244 e. The van der Waals surface area contributed by atoms with E-state index in [1.54, 1.807) is 0 Å². The standard InChI is InChI=1S/C24H35N3O2/c1-18-11-14-26(15-12-18)24(29)23-21-10-6-5-7-19(21)13-16-27(23)17-22(28)25-20-8-3-2-4-9-20/h5-7,10,18,20,23H,2-4,8-9,11-17H2,1H3,(H,25,28)/t23-/m0/s1. The normalized spacial score (nSPS) is 24.2. The lowest BCUT2D eigenvalue weighted by Gasteiger charge is -2.40. The number of rotatable bonds is 4. The number of carbonyl (C=O) groups is 2. The molecule has 0 aromatic heterocycles. The molecule has 1 saturated heterocycles. The number of piperidine rings is 1. The number of nitrogens with one attached hydrogen (secondary N) is 1. The van der Waals surface area contributed by atoms with Crippen LogP contribution in [-0.4, -0.2) is 53.8 Å². The van der Waals surface area contributed by atoms with Gasteiger partial charge < -0.3 is 10.2 Å². The zero-order valence-electron chi connectivity index (χ0n) is 17.7. The number of amides is 2. The molecule has 0 spiro atoms. The van der Waals surface area contributed by atoms with Crippen molar-refractivity contribution in [1.82, 2.24) is 15.1 Å². The molecule has 5 nitrogen and oxygen atoms in total. The van der Waals surface area contributed by atoms with Gasteiger partial charge in [-0.25, -0.2) is 0 Å². The quantitative estimate of drug-likeness (QED) is 0.848. The molecule has 29 heavy (non-hydrogen) atoms. The summed E-state index contributed by atoms with van der Waals surface area (Å²) in [6, 6.07) is 8.26. The Kier molecular flexibility index (Phi) is 6.53. The van der Waals surface area contributed by atoms with Gasteiger partial charge in [0.05, 0.1) is 6.54 Å². The number of fused-ring (bicyclic) bond motifs is 1. The molecule has 1 aliphatic carbocycles. The van der Waals surface area contributed by atoms with Gasteiger partial charge in [-0.3, -0.25) is 14.5 Å². The molecule has 0 unspecified atom stereocenters. The van der Waals surface area contributed by atoms with Crippen LogP contribution in [0.4, 0.5) is 0 Å². The van der Waals surface area contributed by atoms with Gasteiger partial charge in [-0.05, 0) is 49.1 Å². The van der Waals surface area contributed by atoms with E-state index in [9.17, 15) is 9.59 Å². The van der Waals surface area contributed by atoms with Crippen molar-refractivity contribution in [1.29, 1.82) is 0 Å². The average molecular weight is 398 g/mol. The van der Waals surface area contributed by atoms with E-state index in [1.807, 2.05) is 17.0 Å². The van der Waals surface area contributed by atoms with Gasteiger partial charge in [0, 0.05) is 25.7 Å². The summed E-state index contributed by atoms with van der Waals surface area (Å²) >= 11 is 0. The maximum absolute atomic E-state index is 13.6. The van der Waals surface area contributed by atoms with Crippen LogP contribution in [0.5, 0.6) is 0 Å². The Morgan fingerprint density at radius 2 is 1.72 bits per heavy atom. The predicted molar refractivity (Wildman–Crippen MR) is 114 cm³/mol. The molecule has 3 aliphatic rings. The van der Waals surface area contributed by atoms with Crippen LogP contribution in [0.15, 0.2) is 24.3 Å². The first-order chi connectivity index (χ1) is 14.1. The van der Waals surface area contributed by atoms with E-state index >= 15 is 0 Å². The molecule has 1 saturated carbocycles. The Bertz CT molecular complexity index is 721. The van der Waals surface area contributed by atoms with Crippen molar-refractivity contribution in [3.8, 4) is 0 Å². The summed E-state index contributed by atoms with van der Waals surface area (Å²) in [4.78, 5) is 30.5. The SMILES string of the molecule is CC1CCN(C(=O)[C@@H]2c3ccccc3CCN2CC(=O)NC2CCCCC2)CC1. The second-order valence-corrected chi connectivity index (χ2v) is 9.23. The van der Waals surface area contributed by atoms with Gasteiger partial charge >= 0.3 is 0 Å². The minimum absolute atomic E-state index is 0.0707. The van der Waals surface area contributed by atoms with Crippen LogP contribution in [-0.2, 0) is 16.0 Å². The molecule has 1 atom stereocenters. The van der Waals surface area contributed by atoms with Crippen molar-refractivity contribution in [3.63, 3.8) is 0 Å². The largest absolute Gasteiger partial charge is 0.352 e. The minimum atomic E-state index is -0.328. The molecular formula is C24H35N3O2. The van der Waals surface area contributed by atoms with Crippen LogP contribution in [0.1, 0.15) is 69.0 Å². The van der Waals surface area contributed by atoms with Gasteiger partial charge in [-0.1, -0.05) is 50.5 Å². The van der Waals surface area contributed by atoms with Crippen LogP contribution < -0.4 is 5.32 Å². The van der Waals surface area contributed by atoms with E-state index in [1.165, 1.54) is 24.8 Å². The van der Waals surface area contributed by atoms with Gasteiger partial charge in [0.25, 0.3) is 0 Å². The zero-order valence-corrected chi connectivity index (χ0v) is 17.7. The number of carbonyl (C=O) groups excluding carboxylic acids is 2. The summed E-state index contributed by atoms with van der Waals surface area (Å²) in [5, 5.41) is 3.23. The molecular weight excluding hydrogens is 362 g/mol. The number of benzene rings is 1. The van der Waals surface area contributed by atoms with E-state index in [0.717, 1.165) is 57.3 Å². The van der Waals surface area contributed by atoms with Crippen LogP contribution in [0.25, 0.3) is 0 Å². The Labute approximate surface area is 174 Å². The molecule has 2 heterocycles. The number of hydrogen-bond donors (Lipinski definition) is 1. The zero-order chi connectivity index (χ0) is 20.2. The third-order valence-electron chi connectivity index (χ3n) is 7.03. The van der Waals surface area contributed by atoms with Crippen molar-refractivity contribution >= 4 is 11.8 Å². The highest BCUT2D eigenvalue weighted by atomic mass is 16.2. The summed E-state index contributed by atoms with van der Waals surface area (Å²) in [6.45, 7) is 5.00. The Morgan fingerprint density at radius 3 is 2.48 bits per heavy atom. The number of likely N-dealkylation sites (tertiary alicyclic amines) is 1. The molecule has 1 N–H and O–H groups in total.